The van der Waals surface area contributed by atoms with Gasteiger partial charge in [0, 0.05) is 35.8 Å². The van der Waals surface area contributed by atoms with E-state index >= 15 is 0 Å². The summed E-state index contributed by atoms with van der Waals surface area (Å²) < 4.78 is 38.6. The van der Waals surface area contributed by atoms with Crippen molar-refractivity contribution in [3.63, 3.8) is 0 Å². The Hall–Kier alpha value is -3.86. The van der Waals surface area contributed by atoms with Gasteiger partial charge in [0.05, 0.1) is 22.7 Å². The molecule has 1 amide bonds. The Morgan fingerprint density at radius 3 is 2.62 bits per heavy atom. The van der Waals surface area contributed by atoms with Crippen LogP contribution in [0, 0.1) is 5.82 Å². The summed E-state index contributed by atoms with van der Waals surface area (Å²) in [6, 6.07) is 12.3. The van der Waals surface area contributed by atoms with Crippen molar-refractivity contribution in [1.29, 1.82) is 0 Å². The van der Waals surface area contributed by atoms with Crippen molar-refractivity contribution in [3.05, 3.63) is 76.5 Å². The third kappa shape index (κ3) is 4.10. The molecule has 2 aromatic carbocycles. The molecule has 1 aliphatic heterocycles. The summed E-state index contributed by atoms with van der Waals surface area (Å²) in [5, 5.41) is 8.15. The summed E-state index contributed by atoms with van der Waals surface area (Å²) in [5.41, 5.74) is 1.77. The molecule has 11 heteroatoms. The average Bonchev–Trinajstić information content (AvgIpc) is 3.49. The Morgan fingerprint density at radius 2 is 1.91 bits per heavy atom. The highest BCUT2D eigenvalue weighted by Gasteiger charge is 2.32. The number of hydrogen-bond donors (Lipinski definition) is 1. The van der Waals surface area contributed by atoms with Gasteiger partial charge in [-0.1, -0.05) is 5.21 Å². The van der Waals surface area contributed by atoms with E-state index in [2.05, 4.69) is 15.3 Å². The number of rotatable bonds is 4. The minimum absolute atomic E-state index is 0.191. The summed E-state index contributed by atoms with van der Waals surface area (Å²) in [6.07, 6.45) is 3.20. The van der Waals surface area contributed by atoms with Crippen molar-refractivity contribution in [1.82, 2.24) is 24.9 Å². The lowest BCUT2D eigenvalue weighted by Crippen LogP contribution is -2.31. The van der Waals surface area contributed by atoms with Crippen LogP contribution in [0.2, 0.25) is 0 Å². The predicted molar refractivity (Wildman–Crippen MR) is 124 cm³/mol. The first-order chi connectivity index (χ1) is 16.2. The molecule has 2 aromatic heterocycles. The van der Waals surface area contributed by atoms with E-state index in [0.717, 1.165) is 0 Å². The zero-order valence-corrected chi connectivity index (χ0v) is 18.9. The van der Waals surface area contributed by atoms with Crippen molar-refractivity contribution in [2.45, 2.75) is 11.7 Å². The van der Waals surface area contributed by atoms with Gasteiger partial charge in [0.1, 0.15) is 11.5 Å². The molecule has 1 N–H and O–H groups in total. The van der Waals surface area contributed by atoms with E-state index < -0.39 is 20.9 Å². The normalized spacial score (nSPS) is 16.3. The maximum Gasteiger partial charge on any atom is 0.258 e. The first kappa shape index (κ1) is 22.0. The molecule has 4 aromatic rings. The van der Waals surface area contributed by atoms with Crippen molar-refractivity contribution in [2.75, 3.05) is 19.3 Å². The van der Waals surface area contributed by atoms with Crippen molar-refractivity contribution in [3.8, 4) is 16.9 Å². The molecule has 5 rings (SSSR count). The maximum atomic E-state index is 13.6. The van der Waals surface area contributed by atoms with E-state index in [4.69, 9.17) is 0 Å². The molecule has 34 heavy (non-hydrogen) atoms. The first-order valence-corrected chi connectivity index (χ1v) is 12.5. The van der Waals surface area contributed by atoms with Gasteiger partial charge < -0.3 is 9.88 Å². The zero-order chi connectivity index (χ0) is 24.0. The molecule has 0 saturated carbocycles. The van der Waals surface area contributed by atoms with E-state index in [1.165, 1.54) is 29.1 Å². The first-order valence-electron chi connectivity index (χ1n) is 10.5. The van der Waals surface area contributed by atoms with Crippen molar-refractivity contribution in [2.24, 2.45) is 0 Å². The summed E-state index contributed by atoms with van der Waals surface area (Å²) in [6.45, 7) is 0.588. The van der Waals surface area contributed by atoms with E-state index in [1.807, 2.05) is 0 Å². The van der Waals surface area contributed by atoms with Crippen molar-refractivity contribution < 1.29 is 17.6 Å². The van der Waals surface area contributed by atoms with E-state index in [-0.39, 0.29) is 23.6 Å². The number of aromatic amines is 1. The number of amides is 1. The highest BCUT2D eigenvalue weighted by atomic mass is 32.2. The second-order valence-corrected chi connectivity index (χ2v) is 10.7. The number of carbonyl (C=O) groups excluding carboxylic acids is 1. The van der Waals surface area contributed by atoms with E-state index in [1.54, 1.807) is 41.4 Å². The fourth-order valence-electron chi connectivity index (χ4n) is 4.08. The summed E-state index contributed by atoms with van der Waals surface area (Å²) >= 11 is 0. The molecular weight excluding hydrogens is 461 g/mol. The van der Waals surface area contributed by atoms with E-state index in [0.29, 0.717) is 40.8 Å². The van der Waals surface area contributed by atoms with Gasteiger partial charge in [0.2, 0.25) is 0 Å². The Morgan fingerprint density at radius 1 is 1.15 bits per heavy atom. The second-order valence-electron chi connectivity index (χ2n) is 8.33. The molecule has 0 unspecified atom stereocenters. The molecule has 1 fully saturated rings. The number of H-pyrrole nitrogens is 1. The molecule has 0 bridgehead atoms. The van der Waals surface area contributed by atoms with Gasteiger partial charge >= 0.3 is 0 Å². The van der Waals surface area contributed by atoms with Gasteiger partial charge in [0.15, 0.2) is 9.84 Å². The Bertz CT molecular complexity index is 1580. The SMILES string of the molecule is CS(=O)(=O)[C@H]1CCN(C(=O)c2ccc(-n3cc(-c4cc5cc(F)ccc5[nH]c4=O)nn3)cc2)C1. The predicted octanol–water partition coefficient (Wildman–Crippen LogP) is 2.17. The standard InChI is InChI=1S/C23H20FN5O4S/c1-34(32,33)18-8-9-28(12-18)23(31)14-2-5-17(6-3-14)29-13-21(26-27-29)19-11-15-10-16(24)4-7-20(15)25-22(19)30/h2-7,10-11,13,18H,8-9,12H2,1H3,(H,25,30)/t18-/m0/s1. The van der Waals surface area contributed by atoms with Crippen LogP contribution in [0.15, 0.2) is 59.5 Å². The van der Waals surface area contributed by atoms with Crippen LogP contribution in [0.1, 0.15) is 16.8 Å². The summed E-state index contributed by atoms with van der Waals surface area (Å²) in [5.74, 6) is -0.642. The third-order valence-electron chi connectivity index (χ3n) is 5.99. The average molecular weight is 482 g/mol. The quantitative estimate of drug-likeness (QED) is 0.477. The lowest BCUT2D eigenvalue weighted by molar-refractivity contribution is 0.0793. The zero-order valence-electron chi connectivity index (χ0n) is 18.1. The van der Waals surface area contributed by atoms with Crippen LogP contribution in [0.25, 0.3) is 27.8 Å². The molecule has 3 heterocycles. The Balaban J connectivity index is 1.37. The number of nitrogens with one attached hydrogen (secondary N) is 1. The van der Waals surface area contributed by atoms with E-state index in [9.17, 15) is 22.4 Å². The number of fused-ring (bicyclic) bond motifs is 1. The number of likely N-dealkylation sites (tertiary alicyclic amines) is 1. The highest BCUT2D eigenvalue weighted by Crippen LogP contribution is 2.21. The number of pyridine rings is 1. The van der Waals surface area contributed by atoms with Crippen LogP contribution in [0.5, 0.6) is 0 Å². The molecule has 1 aliphatic rings. The number of halogens is 1. The lowest BCUT2D eigenvalue weighted by Gasteiger charge is -2.16. The minimum atomic E-state index is -3.19. The largest absolute Gasteiger partial charge is 0.337 e. The fraction of sp³-hybridized carbons (Fsp3) is 0.217. The Kier molecular flexibility index (Phi) is 5.28. The molecule has 0 aliphatic carbocycles. The molecule has 0 radical (unpaired) electrons. The molecule has 1 saturated heterocycles. The maximum absolute atomic E-state index is 13.6. The van der Waals surface area contributed by atoms with Gasteiger partial charge in [-0.05, 0) is 55.0 Å². The van der Waals surface area contributed by atoms with Crippen LogP contribution in [-0.4, -0.2) is 63.8 Å². The monoisotopic (exact) mass is 481 g/mol. The van der Waals surface area contributed by atoms with Crippen LogP contribution >= 0.6 is 0 Å². The number of sulfone groups is 1. The van der Waals surface area contributed by atoms with Gasteiger partial charge in [0.25, 0.3) is 11.5 Å². The topological polar surface area (TPSA) is 118 Å². The molecule has 1 atom stereocenters. The number of hydrogen-bond acceptors (Lipinski definition) is 6. The third-order valence-corrected chi connectivity index (χ3v) is 7.59. The molecular formula is C23H20FN5O4S. The van der Waals surface area contributed by atoms with Crippen LogP contribution in [0.4, 0.5) is 4.39 Å². The van der Waals surface area contributed by atoms with Crippen LogP contribution in [0.3, 0.4) is 0 Å². The highest BCUT2D eigenvalue weighted by molar-refractivity contribution is 7.91. The van der Waals surface area contributed by atoms with Crippen LogP contribution in [-0.2, 0) is 9.84 Å². The number of aromatic nitrogens is 4. The smallest absolute Gasteiger partial charge is 0.258 e. The van der Waals surface area contributed by atoms with Crippen molar-refractivity contribution >= 4 is 26.6 Å². The van der Waals surface area contributed by atoms with Gasteiger partial charge in [-0.25, -0.2) is 17.5 Å². The molecule has 174 valence electrons. The number of nitrogens with zero attached hydrogens (tertiary/aromatic N) is 4. The second kappa shape index (κ2) is 8.17. The molecule has 9 nitrogen and oxygen atoms in total. The van der Waals surface area contributed by atoms with Gasteiger partial charge in [-0.2, -0.15) is 0 Å². The number of benzene rings is 2. The Labute approximate surface area is 193 Å². The summed E-state index contributed by atoms with van der Waals surface area (Å²) in [4.78, 5) is 29.5. The number of carbonyl (C=O) groups is 1. The fourth-order valence-corrected chi connectivity index (χ4v) is 5.07. The van der Waals surface area contributed by atoms with Gasteiger partial charge in [-0.3, -0.25) is 9.59 Å². The molecule has 0 spiro atoms. The van der Waals surface area contributed by atoms with Gasteiger partial charge in [-0.15, -0.1) is 5.10 Å². The minimum Gasteiger partial charge on any atom is -0.337 e. The summed E-state index contributed by atoms with van der Waals surface area (Å²) in [7, 11) is -3.19. The van der Waals surface area contributed by atoms with Crippen LogP contribution < -0.4 is 5.56 Å². The lowest BCUT2D eigenvalue weighted by atomic mass is 10.1.